The first kappa shape index (κ1) is 16.3. The van der Waals surface area contributed by atoms with E-state index in [1.165, 1.54) is 6.42 Å². The van der Waals surface area contributed by atoms with E-state index in [2.05, 4.69) is 0 Å². The van der Waals surface area contributed by atoms with Crippen LogP contribution in [0.15, 0.2) is 18.2 Å². The van der Waals surface area contributed by atoms with E-state index >= 15 is 0 Å². The standard InChI is InChI=1S/C17H23ClO3/c1-3-21-17(9-5-4-6-10-17)16(19)12-13-11-14(18)7-8-15(13)20-2/h7-8,11H,3-6,9-10,12H2,1-2H3. The zero-order chi connectivity index (χ0) is 15.3. The lowest BCUT2D eigenvalue weighted by molar-refractivity contribution is -0.148. The summed E-state index contributed by atoms with van der Waals surface area (Å²) in [4.78, 5) is 12.8. The van der Waals surface area contributed by atoms with Gasteiger partial charge in [0, 0.05) is 23.6 Å². The third kappa shape index (κ3) is 3.78. The van der Waals surface area contributed by atoms with Gasteiger partial charge in [0.1, 0.15) is 11.4 Å². The van der Waals surface area contributed by atoms with Crippen LogP contribution in [0.25, 0.3) is 0 Å². The van der Waals surface area contributed by atoms with E-state index in [-0.39, 0.29) is 5.78 Å². The third-order valence-corrected chi connectivity index (χ3v) is 4.42. The lowest BCUT2D eigenvalue weighted by Gasteiger charge is -2.35. The second-order valence-corrected chi connectivity index (χ2v) is 5.98. The minimum atomic E-state index is -0.611. The monoisotopic (exact) mass is 310 g/mol. The molecule has 0 radical (unpaired) electrons. The van der Waals surface area contributed by atoms with Gasteiger partial charge in [-0.25, -0.2) is 0 Å². The van der Waals surface area contributed by atoms with E-state index in [0.29, 0.717) is 23.8 Å². The molecule has 0 N–H and O–H groups in total. The van der Waals surface area contributed by atoms with Crippen molar-refractivity contribution < 1.29 is 14.3 Å². The Morgan fingerprint density at radius 1 is 1.29 bits per heavy atom. The molecule has 0 spiro atoms. The van der Waals surface area contributed by atoms with Gasteiger partial charge in [-0.1, -0.05) is 30.9 Å². The van der Waals surface area contributed by atoms with E-state index in [1.54, 1.807) is 25.3 Å². The van der Waals surface area contributed by atoms with Gasteiger partial charge in [0.15, 0.2) is 5.78 Å². The summed E-state index contributed by atoms with van der Waals surface area (Å²) in [5.74, 6) is 0.847. The molecule has 0 aliphatic heterocycles. The number of halogens is 1. The van der Waals surface area contributed by atoms with Crippen LogP contribution < -0.4 is 4.74 Å². The Morgan fingerprint density at radius 3 is 2.62 bits per heavy atom. The lowest BCUT2D eigenvalue weighted by atomic mass is 9.79. The minimum absolute atomic E-state index is 0.143. The molecule has 0 unspecified atom stereocenters. The van der Waals surface area contributed by atoms with Crippen molar-refractivity contribution in [2.24, 2.45) is 0 Å². The molecule has 4 heteroatoms. The van der Waals surface area contributed by atoms with E-state index < -0.39 is 5.60 Å². The van der Waals surface area contributed by atoms with Gasteiger partial charge in [-0.15, -0.1) is 0 Å². The molecule has 1 fully saturated rings. The van der Waals surface area contributed by atoms with Crippen LogP contribution in [0.1, 0.15) is 44.6 Å². The Labute approximate surface area is 131 Å². The number of benzene rings is 1. The summed E-state index contributed by atoms with van der Waals surface area (Å²) in [6, 6.07) is 5.38. The Hall–Kier alpha value is -1.06. The van der Waals surface area contributed by atoms with Crippen LogP contribution >= 0.6 is 11.6 Å². The summed E-state index contributed by atoms with van der Waals surface area (Å²) in [7, 11) is 1.61. The molecule has 0 bridgehead atoms. The Bertz CT molecular complexity index is 487. The Kier molecular flexibility index (Phi) is 5.65. The van der Waals surface area contributed by atoms with Crippen molar-refractivity contribution in [1.82, 2.24) is 0 Å². The molecule has 0 aromatic heterocycles. The molecule has 0 heterocycles. The number of ether oxygens (including phenoxy) is 2. The number of hydrogen-bond acceptors (Lipinski definition) is 3. The van der Waals surface area contributed by atoms with Gasteiger partial charge in [0.25, 0.3) is 0 Å². The molecule has 0 amide bonds. The van der Waals surface area contributed by atoms with Gasteiger partial charge in [-0.05, 0) is 38.0 Å². The molecule has 0 atom stereocenters. The first-order chi connectivity index (χ1) is 10.1. The van der Waals surface area contributed by atoms with Gasteiger partial charge < -0.3 is 9.47 Å². The number of ketones is 1. The first-order valence-corrected chi connectivity index (χ1v) is 7.99. The molecule has 21 heavy (non-hydrogen) atoms. The second-order valence-electron chi connectivity index (χ2n) is 5.54. The van der Waals surface area contributed by atoms with Crippen molar-refractivity contribution in [2.45, 2.75) is 51.0 Å². The van der Waals surface area contributed by atoms with Crippen LogP contribution in [0, 0.1) is 0 Å². The van der Waals surface area contributed by atoms with E-state index in [9.17, 15) is 4.79 Å². The average molecular weight is 311 g/mol. The van der Waals surface area contributed by atoms with Crippen molar-refractivity contribution in [1.29, 1.82) is 0 Å². The van der Waals surface area contributed by atoms with E-state index in [0.717, 1.165) is 31.2 Å². The number of Topliss-reactive ketones (excluding diaryl/α,β-unsaturated/α-hetero) is 1. The van der Waals surface area contributed by atoms with Crippen molar-refractivity contribution in [3.05, 3.63) is 28.8 Å². The number of carbonyl (C=O) groups is 1. The predicted molar refractivity (Wildman–Crippen MR) is 84.2 cm³/mol. The molecule has 1 aliphatic rings. The van der Waals surface area contributed by atoms with Gasteiger partial charge in [-0.2, -0.15) is 0 Å². The minimum Gasteiger partial charge on any atom is -0.496 e. The highest BCUT2D eigenvalue weighted by atomic mass is 35.5. The van der Waals surface area contributed by atoms with Gasteiger partial charge in [0.05, 0.1) is 7.11 Å². The second kappa shape index (κ2) is 7.28. The summed E-state index contributed by atoms with van der Waals surface area (Å²) in [5.41, 5.74) is 0.222. The van der Waals surface area contributed by atoms with Crippen molar-refractivity contribution in [3.63, 3.8) is 0 Å². The van der Waals surface area contributed by atoms with Crippen LogP contribution in [-0.2, 0) is 16.0 Å². The molecule has 1 aromatic carbocycles. The van der Waals surface area contributed by atoms with Gasteiger partial charge in [-0.3, -0.25) is 4.79 Å². The zero-order valence-corrected chi connectivity index (χ0v) is 13.5. The highest BCUT2D eigenvalue weighted by molar-refractivity contribution is 6.30. The van der Waals surface area contributed by atoms with Crippen LogP contribution in [0.5, 0.6) is 5.75 Å². The third-order valence-electron chi connectivity index (χ3n) is 4.18. The maximum absolute atomic E-state index is 12.8. The summed E-state index contributed by atoms with van der Waals surface area (Å²) < 4.78 is 11.2. The summed E-state index contributed by atoms with van der Waals surface area (Å²) in [6.45, 7) is 2.52. The maximum Gasteiger partial charge on any atom is 0.169 e. The van der Waals surface area contributed by atoms with Crippen LogP contribution in [0.2, 0.25) is 5.02 Å². The number of rotatable bonds is 6. The highest BCUT2D eigenvalue weighted by Crippen LogP contribution is 2.34. The van der Waals surface area contributed by atoms with Crippen LogP contribution in [-0.4, -0.2) is 25.1 Å². The molecular weight excluding hydrogens is 288 g/mol. The van der Waals surface area contributed by atoms with E-state index in [1.807, 2.05) is 6.92 Å². The SMILES string of the molecule is CCOC1(C(=O)Cc2cc(Cl)ccc2OC)CCCCC1. The maximum atomic E-state index is 12.8. The Morgan fingerprint density at radius 2 is 2.00 bits per heavy atom. The molecule has 116 valence electrons. The normalized spacial score (nSPS) is 17.5. The van der Waals surface area contributed by atoms with Crippen molar-refractivity contribution in [3.8, 4) is 5.75 Å². The van der Waals surface area contributed by atoms with Crippen LogP contribution in [0.3, 0.4) is 0 Å². The Balaban J connectivity index is 2.20. The number of carbonyl (C=O) groups excluding carboxylic acids is 1. The molecule has 1 aliphatic carbocycles. The number of hydrogen-bond donors (Lipinski definition) is 0. The molecule has 0 saturated heterocycles. The lowest BCUT2D eigenvalue weighted by Crippen LogP contribution is -2.44. The number of methoxy groups -OCH3 is 1. The predicted octanol–water partition coefficient (Wildman–Crippen LogP) is 4.20. The van der Waals surface area contributed by atoms with Crippen LogP contribution in [0.4, 0.5) is 0 Å². The molecule has 1 saturated carbocycles. The molecule has 1 aromatic rings. The zero-order valence-electron chi connectivity index (χ0n) is 12.8. The summed E-state index contributed by atoms with van der Waals surface area (Å²) in [6.07, 6.45) is 5.24. The summed E-state index contributed by atoms with van der Waals surface area (Å²) >= 11 is 6.04. The fourth-order valence-electron chi connectivity index (χ4n) is 3.12. The van der Waals surface area contributed by atoms with Crippen molar-refractivity contribution in [2.75, 3.05) is 13.7 Å². The van der Waals surface area contributed by atoms with Gasteiger partial charge in [0.2, 0.25) is 0 Å². The molecule has 2 rings (SSSR count). The smallest absolute Gasteiger partial charge is 0.169 e. The highest BCUT2D eigenvalue weighted by Gasteiger charge is 2.39. The largest absolute Gasteiger partial charge is 0.496 e. The van der Waals surface area contributed by atoms with Gasteiger partial charge >= 0.3 is 0 Å². The first-order valence-electron chi connectivity index (χ1n) is 7.61. The molecular formula is C17H23ClO3. The molecule has 3 nitrogen and oxygen atoms in total. The van der Waals surface area contributed by atoms with E-state index in [4.69, 9.17) is 21.1 Å². The fraction of sp³-hybridized carbons (Fsp3) is 0.588. The topological polar surface area (TPSA) is 35.5 Å². The quantitative estimate of drug-likeness (QED) is 0.790. The fourth-order valence-corrected chi connectivity index (χ4v) is 3.32. The average Bonchev–Trinajstić information content (AvgIpc) is 2.49. The summed E-state index contributed by atoms with van der Waals surface area (Å²) in [5, 5.41) is 0.618. The van der Waals surface area contributed by atoms with Crippen molar-refractivity contribution >= 4 is 17.4 Å².